The molecule has 0 bridgehead atoms. The van der Waals surface area contributed by atoms with Gasteiger partial charge in [-0.25, -0.2) is 8.93 Å². The van der Waals surface area contributed by atoms with Gasteiger partial charge in [-0.1, -0.05) is 24.3 Å². The summed E-state index contributed by atoms with van der Waals surface area (Å²) in [5.41, 5.74) is 2.29. The van der Waals surface area contributed by atoms with Crippen LogP contribution in [-0.2, 0) is 20.5 Å². The van der Waals surface area contributed by atoms with Crippen LogP contribution in [0.25, 0.3) is 0 Å². The average Bonchev–Trinajstić information content (AvgIpc) is 3.30. The van der Waals surface area contributed by atoms with Gasteiger partial charge in [0.2, 0.25) is 0 Å². The summed E-state index contributed by atoms with van der Waals surface area (Å²) in [7, 11) is 0.130. The molecule has 1 aliphatic rings. The third-order valence-electron chi connectivity index (χ3n) is 3.77. The number of hydrogen-bond donors (Lipinski definition) is 1. The molecule has 0 saturated heterocycles. The van der Waals surface area contributed by atoms with Crippen LogP contribution in [0.3, 0.4) is 0 Å². The predicted molar refractivity (Wildman–Crippen MR) is 88.8 cm³/mol. The predicted octanol–water partition coefficient (Wildman–Crippen LogP) is 3.22. The van der Waals surface area contributed by atoms with Crippen LogP contribution in [0.15, 0.2) is 24.3 Å². The first-order chi connectivity index (χ1) is 10.3. The van der Waals surface area contributed by atoms with Gasteiger partial charge in [-0.3, -0.25) is 4.79 Å². The van der Waals surface area contributed by atoms with Gasteiger partial charge in [0.1, 0.15) is 0 Å². The fourth-order valence-corrected chi connectivity index (χ4v) is 3.06. The highest BCUT2D eigenvalue weighted by Gasteiger charge is 2.27. The van der Waals surface area contributed by atoms with E-state index in [0.717, 1.165) is 5.56 Å². The number of carbonyl (C=O) groups is 1. The largest absolute Gasteiger partial charge is 0.469 e. The van der Waals surface area contributed by atoms with Crippen molar-refractivity contribution in [3.8, 4) is 0 Å². The molecule has 1 aliphatic carbocycles. The van der Waals surface area contributed by atoms with Gasteiger partial charge in [0.15, 0.2) is 0 Å². The van der Waals surface area contributed by atoms with E-state index in [0.29, 0.717) is 5.92 Å². The van der Waals surface area contributed by atoms with E-state index in [1.807, 2.05) is 32.9 Å². The lowest BCUT2D eigenvalue weighted by atomic mass is 10.0. The van der Waals surface area contributed by atoms with Crippen LogP contribution in [0.2, 0.25) is 0 Å². The van der Waals surface area contributed by atoms with Gasteiger partial charge < -0.3 is 4.74 Å². The van der Waals surface area contributed by atoms with Crippen LogP contribution in [0.1, 0.15) is 63.1 Å². The number of hydrogen-bond acceptors (Lipinski definition) is 3. The number of ether oxygens (including phenoxy) is 1. The zero-order valence-corrected chi connectivity index (χ0v) is 14.5. The lowest BCUT2D eigenvalue weighted by Crippen LogP contribution is -2.36. The van der Waals surface area contributed by atoms with E-state index >= 15 is 0 Å². The molecule has 1 aromatic rings. The standard InChI is InChI=1S/C17H25NO3S/c1-17(2,3)22(20)18-15(11-16(19)21-4)14-7-5-6-13(10-14)12-8-9-12/h5-7,10,12,15,18H,8-9,11H2,1-4H3/t15-,22+/m0/s1. The average molecular weight is 323 g/mol. The quantitative estimate of drug-likeness (QED) is 0.818. The molecule has 0 radical (unpaired) electrons. The van der Waals surface area contributed by atoms with Crippen molar-refractivity contribution >= 4 is 17.0 Å². The van der Waals surface area contributed by atoms with E-state index in [1.165, 1.54) is 25.5 Å². The highest BCUT2D eigenvalue weighted by Crippen LogP contribution is 2.40. The van der Waals surface area contributed by atoms with Crippen molar-refractivity contribution in [2.24, 2.45) is 0 Å². The van der Waals surface area contributed by atoms with Gasteiger partial charge in [-0.05, 0) is 50.7 Å². The lowest BCUT2D eigenvalue weighted by molar-refractivity contribution is -0.141. The smallest absolute Gasteiger partial charge is 0.307 e. The molecule has 22 heavy (non-hydrogen) atoms. The zero-order valence-electron chi connectivity index (χ0n) is 13.7. The number of nitrogens with one attached hydrogen (secondary N) is 1. The van der Waals surface area contributed by atoms with E-state index < -0.39 is 11.0 Å². The first-order valence-electron chi connectivity index (χ1n) is 7.66. The Labute approximate surface area is 135 Å². The van der Waals surface area contributed by atoms with Crippen molar-refractivity contribution in [3.63, 3.8) is 0 Å². The number of rotatable bonds is 6. The Bertz CT molecular complexity index is 561. The van der Waals surface area contributed by atoms with E-state index in [4.69, 9.17) is 4.74 Å². The number of methoxy groups -OCH3 is 1. The van der Waals surface area contributed by atoms with E-state index in [1.54, 1.807) is 0 Å². The maximum atomic E-state index is 12.4. The van der Waals surface area contributed by atoms with Crippen LogP contribution in [0, 0.1) is 0 Å². The second kappa shape index (κ2) is 6.92. The molecule has 1 saturated carbocycles. The van der Waals surface area contributed by atoms with Crippen molar-refractivity contribution in [1.29, 1.82) is 0 Å². The molecular weight excluding hydrogens is 298 g/mol. The van der Waals surface area contributed by atoms with Crippen molar-refractivity contribution < 1.29 is 13.7 Å². The van der Waals surface area contributed by atoms with Crippen LogP contribution < -0.4 is 4.72 Å². The molecule has 0 unspecified atom stereocenters. The number of benzene rings is 1. The first kappa shape index (κ1) is 17.2. The third-order valence-corrected chi connectivity index (χ3v) is 5.38. The van der Waals surface area contributed by atoms with Crippen LogP contribution in [0.5, 0.6) is 0 Å². The first-order valence-corrected chi connectivity index (χ1v) is 8.81. The Hall–Kier alpha value is -1.20. The van der Waals surface area contributed by atoms with Gasteiger partial charge in [0.25, 0.3) is 0 Å². The molecular formula is C17H25NO3S. The van der Waals surface area contributed by atoms with Crippen LogP contribution in [-0.4, -0.2) is 22.0 Å². The second-order valence-corrected chi connectivity index (χ2v) is 8.77. The van der Waals surface area contributed by atoms with Crippen molar-refractivity contribution in [3.05, 3.63) is 35.4 Å². The monoisotopic (exact) mass is 323 g/mol. The summed E-state index contributed by atoms with van der Waals surface area (Å²) in [6, 6.07) is 7.93. The maximum Gasteiger partial charge on any atom is 0.307 e. The molecule has 0 aliphatic heterocycles. The number of esters is 1. The van der Waals surface area contributed by atoms with Crippen molar-refractivity contribution in [1.82, 2.24) is 4.72 Å². The Morgan fingerprint density at radius 3 is 2.64 bits per heavy atom. The van der Waals surface area contributed by atoms with E-state index in [9.17, 15) is 9.00 Å². The summed E-state index contributed by atoms with van der Waals surface area (Å²) in [6.45, 7) is 5.73. The fourth-order valence-electron chi connectivity index (χ4n) is 2.23. The van der Waals surface area contributed by atoms with Gasteiger partial charge >= 0.3 is 5.97 Å². The summed E-state index contributed by atoms with van der Waals surface area (Å²) in [5.74, 6) is 0.340. The molecule has 0 amide bonds. The summed E-state index contributed by atoms with van der Waals surface area (Å²) in [5, 5.41) is 0. The van der Waals surface area contributed by atoms with E-state index in [2.05, 4.69) is 16.9 Å². The molecule has 0 spiro atoms. The third kappa shape index (κ3) is 4.65. The lowest BCUT2D eigenvalue weighted by Gasteiger charge is -2.24. The highest BCUT2D eigenvalue weighted by atomic mass is 32.2. The molecule has 122 valence electrons. The van der Waals surface area contributed by atoms with Crippen molar-refractivity contribution in [2.45, 2.75) is 56.7 Å². The van der Waals surface area contributed by atoms with E-state index in [-0.39, 0.29) is 23.2 Å². The number of carbonyl (C=O) groups excluding carboxylic acids is 1. The topological polar surface area (TPSA) is 55.4 Å². The van der Waals surface area contributed by atoms with Gasteiger partial charge in [0, 0.05) is 0 Å². The molecule has 1 aromatic carbocycles. The Morgan fingerprint density at radius 1 is 1.41 bits per heavy atom. The molecule has 2 atom stereocenters. The van der Waals surface area contributed by atoms with Gasteiger partial charge in [-0.15, -0.1) is 0 Å². The van der Waals surface area contributed by atoms with Gasteiger partial charge in [0.05, 0.1) is 35.3 Å². The summed E-state index contributed by atoms with van der Waals surface area (Å²) in [4.78, 5) is 11.7. The SMILES string of the molecule is COC(=O)C[C@H](N[S@](=O)C(C)(C)C)c1cccc(C2CC2)c1. The highest BCUT2D eigenvalue weighted by molar-refractivity contribution is 7.84. The minimum atomic E-state index is -1.25. The van der Waals surface area contributed by atoms with Gasteiger partial charge in [-0.2, -0.15) is 0 Å². The molecule has 5 heteroatoms. The minimum absolute atomic E-state index is 0.173. The molecule has 0 heterocycles. The maximum absolute atomic E-state index is 12.4. The normalized spacial score (nSPS) is 17.8. The fraction of sp³-hybridized carbons (Fsp3) is 0.588. The molecule has 1 fully saturated rings. The summed E-state index contributed by atoms with van der Waals surface area (Å²) in [6.07, 6.45) is 2.63. The molecule has 4 nitrogen and oxygen atoms in total. The Morgan fingerprint density at radius 2 is 2.09 bits per heavy atom. The van der Waals surface area contributed by atoms with Crippen LogP contribution in [0.4, 0.5) is 0 Å². The second-order valence-electron chi connectivity index (χ2n) is 6.78. The summed E-state index contributed by atoms with van der Waals surface area (Å²) >= 11 is 0. The van der Waals surface area contributed by atoms with Crippen molar-refractivity contribution in [2.75, 3.05) is 7.11 Å². The molecule has 1 N–H and O–H groups in total. The Balaban J connectivity index is 2.21. The zero-order chi connectivity index (χ0) is 16.3. The minimum Gasteiger partial charge on any atom is -0.469 e. The molecule has 0 aromatic heterocycles. The molecule has 2 rings (SSSR count). The van der Waals surface area contributed by atoms with Crippen LogP contribution >= 0.6 is 0 Å². The summed E-state index contributed by atoms with van der Waals surface area (Å²) < 4.78 is 19.9. The Kier molecular flexibility index (Phi) is 5.40.